The average Bonchev–Trinajstić information content (AvgIpc) is 2.90. The standard InChI is InChI=1S/C11H16F5NO2/c12-9(17-3-1-2-4-17)10(13,11(14,15)16)8-7-18-5-6-19-8/h8-9H,1-7H2. The van der Waals surface area contributed by atoms with Crippen LogP contribution in [0.3, 0.4) is 0 Å². The van der Waals surface area contributed by atoms with Crippen molar-refractivity contribution in [2.75, 3.05) is 32.9 Å². The molecule has 0 aromatic carbocycles. The van der Waals surface area contributed by atoms with Crippen molar-refractivity contribution in [3.8, 4) is 0 Å². The molecule has 0 aromatic heterocycles. The van der Waals surface area contributed by atoms with Gasteiger partial charge in [0.15, 0.2) is 6.30 Å². The Balaban J connectivity index is 2.22. The van der Waals surface area contributed by atoms with E-state index < -0.39 is 30.9 Å². The van der Waals surface area contributed by atoms with Crippen molar-refractivity contribution < 1.29 is 31.4 Å². The summed E-state index contributed by atoms with van der Waals surface area (Å²) in [6, 6.07) is 0. The van der Waals surface area contributed by atoms with Gasteiger partial charge in [-0.2, -0.15) is 13.2 Å². The quantitative estimate of drug-likeness (QED) is 0.586. The highest BCUT2D eigenvalue weighted by molar-refractivity contribution is 5.02. The van der Waals surface area contributed by atoms with E-state index in [1.807, 2.05) is 0 Å². The monoisotopic (exact) mass is 289 g/mol. The van der Waals surface area contributed by atoms with Gasteiger partial charge in [0, 0.05) is 13.1 Å². The van der Waals surface area contributed by atoms with Crippen molar-refractivity contribution in [2.45, 2.75) is 37.1 Å². The molecule has 19 heavy (non-hydrogen) atoms. The molecule has 2 heterocycles. The highest BCUT2D eigenvalue weighted by atomic mass is 19.4. The number of hydrogen-bond acceptors (Lipinski definition) is 3. The van der Waals surface area contributed by atoms with Crippen molar-refractivity contribution in [3.05, 3.63) is 0 Å². The van der Waals surface area contributed by atoms with Crippen LogP contribution < -0.4 is 0 Å². The predicted octanol–water partition coefficient (Wildman–Crippen LogP) is 2.06. The zero-order valence-corrected chi connectivity index (χ0v) is 10.3. The molecule has 3 unspecified atom stereocenters. The second-order valence-corrected chi connectivity index (χ2v) is 4.78. The van der Waals surface area contributed by atoms with E-state index in [2.05, 4.69) is 0 Å². The topological polar surface area (TPSA) is 21.7 Å². The fourth-order valence-corrected chi connectivity index (χ4v) is 2.44. The summed E-state index contributed by atoms with van der Waals surface area (Å²) in [5.41, 5.74) is -4.06. The summed E-state index contributed by atoms with van der Waals surface area (Å²) in [6.45, 7) is -0.429. The molecule has 2 saturated heterocycles. The van der Waals surface area contributed by atoms with Gasteiger partial charge in [-0.05, 0) is 12.8 Å². The molecule has 0 bridgehead atoms. The molecule has 0 aliphatic carbocycles. The first kappa shape index (κ1) is 14.9. The molecule has 2 rings (SSSR count). The van der Waals surface area contributed by atoms with Crippen LogP contribution in [0.2, 0.25) is 0 Å². The number of likely N-dealkylation sites (tertiary alicyclic amines) is 1. The lowest BCUT2D eigenvalue weighted by Crippen LogP contribution is -2.64. The molecule has 2 aliphatic heterocycles. The Hall–Kier alpha value is -0.470. The minimum absolute atomic E-state index is 0.0884. The smallest absolute Gasteiger partial charge is 0.376 e. The van der Waals surface area contributed by atoms with Crippen molar-refractivity contribution in [1.82, 2.24) is 4.90 Å². The summed E-state index contributed by atoms with van der Waals surface area (Å²) in [5.74, 6) is 0. The maximum Gasteiger partial charge on any atom is 0.429 e. The molecule has 2 fully saturated rings. The molecule has 0 amide bonds. The molecule has 0 spiro atoms. The van der Waals surface area contributed by atoms with Gasteiger partial charge in [-0.3, -0.25) is 4.90 Å². The van der Waals surface area contributed by atoms with E-state index in [0.717, 1.165) is 4.90 Å². The fourth-order valence-electron chi connectivity index (χ4n) is 2.44. The SMILES string of the molecule is FC(N1CCCC1)C(F)(C1COCCO1)C(F)(F)F. The van der Waals surface area contributed by atoms with E-state index in [1.54, 1.807) is 0 Å². The molecular weight excluding hydrogens is 273 g/mol. The molecule has 0 saturated carbocycles. The number of halogens is 5. The van der Waals surface area contributed by atoms with Crippen LogP contribution in [0.4, 0.5) is 22.0 Å². The highest BCUT2D eigenvalue weighted by Gasteiger charge is 2.68. The Morgan fingerprint density at radius 3 is 2.16 bits per heavy atom. The Morgan fingerprint density at radius 1 is 1.05 bits per heavy atom. The number of nitrogens with zero attached hydrogens (tertiary/aromatic N) is 1. The van der Waals surface area contributed by atoms with Crippen LogP contribution in [0.15, 0.2) is 0 Å². The van der Waals surface area contributed by atoms with Crippen molar-refractivity contribution in [1.29, 1.82) is 0 Å². The third-order valence-corrected chi connectivity index (χ3v) is 3.53. The number of alkyl halides is 5. The third-order valence-electron chi connectivity index (χ3n) is 3.53. The van der Waals surface area contributed by atoms with Crippen LogP contribution in [-0.2, 0) is 9.47 Å². The van der Waals surface area contributed by atoms with Gasteiger partial charge in [0.1, 0.15) is 6.10 Å². The lowest BCUT2D eigenvalue weighted by atomic mass is 9.95. The van der Waals surface area contributed by atoms with Gasteiger partial charge in [0.05, 0.1) is 19.8 Å². The second kappa shape index (κ2) is 5.49. The maximum absolute atomic E-state index is 14.5. The molecule has 3 atom stereocenters. The van der Waals surface area contributed by atoms with Crippen molar-refractivity contribution in [3.63, 3.8) is 0 Å². The lowest BCUT2D eigenvalue weighted by Gasteiger charge is -2.41. The summed E-state index contributed by atoms with van der Waals surface area (Å²) in [6.07, 6.45) is -8.94. The largest absolute Gasteiger partial charge is 0.429 e. The Morgan fingerprint density at radius 2 is 1.68 bits per heavy atom. The second-order valence-electron chi connectivity index (χ2n) is 4.78. The van der Waals surface area contributed by atoms with E-state index in [4.69, 9.17) is 9.47 Å². The van der Waals surface area contributed by atoms with Crippen LogP contribution in [0.1, 0.15) is 12.8 Å². The van der Waals surface area contributed by atoms with Crippen molar-refractivity contribution >= 4 is 0 Å². The molecule has 2 aliphatic rings. The van der Waals surface area contributed by atoms with Crippen LogP contribution in [0.5, 0.6) is 0 Å². The van der Waals surface area contributed by atoms with E-state index in [0.29, 0.717) is 12.8 Å². The van der Waals surface area contributed by atoms with E-state index in [9.17, 15) is 22.0 Å². The summed E-state index contributed by atoms with van der Waals surface area (Å²) in [4.78, 5) is 0.880. The summed E-state index contributed by atoms with van der Waals surface area (Å²) < 4.78 is 77.2. The van der Waals surface area contributed by atoms with Crippen LogP contribution >= 0.6 is 0 Å². The summed E-state index contributed by atoms with van der Waals surface area (Å²) >= 11 is 0. The number of hydrogen-bond donors (Lipinski definition) is 0. The van der Waals surface area contributed by atoms with Gasteiger partial charge >= 0.3 is 6.18 Å². The van der Waals surface area contributed by atoms with E-state index in [1.165, 1.54) is 0 Å². The average molecular weight is 289 g/mol. The van der Waals surface area contributed by atoms with Gasteiger partial charge in [-0.15, -0.1) is 0 Å². The zero-order chi connectivity index (χ0) is 14.1. The molecule has 0 N–H and O–H groups in total. The third kappa shape index (κ3) is 2.71. The Kier molecular flexibility index (Phi) is 4.32. The maximum atomic E-state index is 14.5. The molecule has 3 nitrogen and oxygen atoms in total. The van der Waals surface area contributed by atoms with E-state index in [-0.39, 0.29) is 26.3 Å². The van der Waals surface area contributed by atoms with Crippen LogP contribution in [0, 0.1) is 0 Å². The highest BCUT2D eigenvalue weighted by Crippen LogP contribution is 2.44. The normalized spacial score (nSPS) is 31.1. The van der Waals surface area contributed by atoms with Gasteiger partial charge in [0.25, 0.3) is 5.67 Å². The molecule has 0 aromatic rings. The van der Waals surface area contributed by atoms with Crippen LogP contribution in [0.25, 0.3) is 0 Å². The minimum Gasteiger partial charge on any atom is -0.376 e. The first-order valence-corrected chi connectivity index (χ1v) is 6.20. The molecule has 8 heteroatoms. The molecule has 0 radical (unpaired) electrons. The van der Waals surface area contributed by atoms with Gasteiger partial charge in [-0.1, -0.05) is 0 Å². The lowest BCUT2D eigenvalue weighted by molar-refractivity contribution is -0.315. The number of rotatable bonds is 3. The Bertz CT molecular complexity index is 302. The van der Waals surface area contributed by atoms with Crippen molar-refractivity contribution in [2.24, 2.45) is 0 Å². The summed E-state index contributed by atoms with van der Waals surface area (Å²) in [7, 11) is 0. The first-order valence-electron chi connectivity index (χ1n) is 6.20. The van der Waals surface area contributed by atoms with Gasteiger partial charge in [-0.25, -0.2) is 8.78 Å². The Labute approximate surface area is 107 Å². The van der Waals surface area contributed by atoms with Gasteiger partial charge in [0.2, 0.25) is 0 Å². The van der Waals surface area contributed by atoms with Crippen LogP contribution in [-0.4, -0.2) is 62.1 Å². The first-order chi connectivity index (χ1) is 8.87. The minimum atomic E-state index is -5.35. The molecule has 112 valence electrons. The summed E-state index contributed by atoms with van der Waals surface area (Å²) in [5, 5.41) is 0. The predicted molar refractivity (Wildman–Crippen MR) is 56.2 cm³/mol. The molecular formula is C11H16F5NO2. The zero-order valence-electron chi connectivity index (χ0n) is 10.3. The van der Waals surface area contributed by atoms with E-state index >= 15 is 0 Å². The fraction of sp³-hybridized carbons (Fsp3) is 1.00. The van der Waals surface area contributed by atoms with Gasteiger partial charge < -0.3 is 9.47 Å². The number of ether oxygens (including phenoxy) is 2.